The lowest BCUT2D eigenvalue weighted by Crippen LogP contribution is -2.25. The molecule has 0 aliphatic carbocycles. The molecule has 1 amide bonds. The molecule has 0 aliphatic heterocycles. The molecular formula is C21H21FN2O2. The first-order valence-electron chi connectivity index (χ1n) is 8.56. The van der Waals surface area contributed by atoms with Gasteiger partial charge in [0.2, 0.25) is 5.88 Å². The van der Waals surface area contributed by atoms with Crippen molar-refractivity contribution in [2.75, 3.05) is 6.61 Å². The van der Waals surface area contributed by atoms with Crippen LogP contribution < -0.4 is 10.1 Å². The van der Waals surface area contributed by atoms with Crippen molar-refractivity contribution in [2.24, 2.45) is 0 Å². The minimum Gasteiger partial charge on any atom is -0.477 e. The zero-order valence-corrected chi connectivity index (χ0v) is 15.1. The smallest absolute Gasteiger partial charge is 0.257 e. The molecule has 1 heterocycles. The summed E-state index contributed by atoms with van der Waals surface area (Å²) in [4.78, 5) is 17.3. The lowest BCUT2D eigenvalue weighted by Gasteiger charge is -2.15. The molecule has 0 atom stereocenters. The van der Waals surface area contributed by atoms with E-state index in [1.54, 1.807) is 12.1 Å². The van der Waals surface area contributed by atoms with Gasteiger partial charge in [-0.25, -0.2) is 9.37 Å². The van der Waals surface area contributed by atoms with Crippen LogP contribution in [0.4, 0.5) is 4.39 Å². The van der Waals surface area contributed by atoms with E-state index in [-0.39, 0.29) is 11.7 Å². The summed E-state index contributed by atoms with van der Waals surface area (Å²) in [5.74, 6) is -0.228. The van der Waals surface area contributed by atoms with E-state index < -0.39 is 0 Å². The lowest BCUT2D eigenvalue weighted by molar-refractivity contribution is 0.0946. The van der Waals surface area contributed by atoms with Crippen LogP contribution in [0, 0.1) is 19.7 Å². The second-order valence-electron chi connectivity index (χ2n) is 6.18. The number of nitrogens with one attached hydrogen (secondary N) is 1. The molecular weight excluding hydrogens is 331 g/mol. The van der Waals surface area contributed by atoms with Gasteiger partial charge in [-0.1, -0.05) is 24.3 Å². The number of halogens is 1. The molecule has 2 aromatic carbocycles. The van der Waals surface area contributed by atoms with E-state index in [0.717, 1.165) is 27.6 Å². The first-order valence-corrected chi connectivity index (χ1v) is 8.56. The highest BCUT2D eigenvalue weighted by Crippen LogP contribution is 2.28. The molecule has 3 aromatic rings. The quantitative estimate of drug-likeness (QED) is 0.744. The minimum absolute atomic E-state index is 0.259. The van der Waals surface area contributed by atoms with Gasteiger partial charge in [0, 0.05) is 11.9 Å². The molecule has 0 fully saturated rings. The van der Waals surface area contributed by atoms with E-state index >= 15 is 0 Å². The van der Waals surface area contributed by atoms with Gasteiger partial charge in [-0.15, -0.1) is 0 Å². The summed E-state index contributed by atoms with van der Waals surface area (Å²) in [6.07, 6.45) is 0. The summed E-state index contributed by atoms with van der Waals surface area (Å²) in [6.45, 7) is 6.48. The maximum absolute atomic E-state index is 13.0. The minimum atomic E-state index is -0.302. The Kier molecular flexibility index (Phi) is 5.16. The van der Waals surface area contributed by atoms with Gasteiger partial charge in [-0.2, -0.15) is 0 Å². The van der Waals surface area contributed by atoms with Gasteiger partial charge in [0.25, 0.3) is 5.91 Å². The van der Waals surface area contributed by atoms with E-state index in [9.17, 15) is 9.18 Å². The average Bonchev–Trinajstić information content (AvgIpc) is 2.61. The van der Waals surface area contributed by atoms with Gasteiger partial charge in [-0.3, -0.25) is 4.79 Å². The predicted octanol–water partition coefficient (Wildman–Crippen LogP) is 4.32. The molecule has 26 heavy (non-hydrogen) atoms. The van der Waals surface area contributed by atoms with Gasteiger partial charge < -0.3 is 10.1 Å². The molecule has 1 N–H and O–H groups in total. The maximum atomic E-state index is 13.0. The second kappa shape index (κ2) is 7.52. The first kappa shape index (κ1) is 17.9. The third-order valence-electron chi connectivity index (χ3n) is 4.24. The number of fused-ring (bicyclic) bond motifs is 1. The molecule has 0 radical (unpaired) electrons. The summed E-state index contributed by atoms with van der Waals surface area (Å²) >= 11 is 0. The second-order valence-corrected chi connectivity index (χ2v) is 6.18. The van der Waals surface area contributed by atoms with Crippen molar-refractivity contribution in [3.8, 4) is 5.88 Å². The fraction of sp³-hybridized carbons (Fsp3) is 0.238. The Balaban J connectivity index is 1.94. The first-order chi connectivity index (χ1) is 12.5. The van der Waals surface area contributed by atoms with E-state index in [4.69, 9.17) is 4.74 Å². The van der Waals surface area contributed by atoms with Crippen LogP contribution in [-0.4, -0.2) is 17.5 Å². The van der Waals surface area contributed by atoms with Crippen molar-refractivity contribution in [3.63, 3.8) is 0 Å². The number of amides is 1. The third kappa shape index (κ3) is 3.67. The van der Waals surface area contributed by atoms with Crippen LogP contribution in [-0.2, 0) is 6.54 Å². The van der Waals surface area contributed by atoms with Crippen LogP contribution in [0.2, 0.25) is 0 Å². The summed E-state index contributed by atoms with van der Waals surface area (Å²) in [5.41, 5.74) is 3.99. The number of carbonyl (C=O) groups excluding carboxylic acids is 1. The molecule has 0 unspecified atom stereocenters. The Morgan fingerprint density at radius 3 is 2.58 bits per heavy atom. The fourth-order valence-electron chi connectivity index (χ4n) is 2.89. The monoisotopic (exact) mass is 352 g/mol. The average molecular weight is 352 g/mol. The number of nitrogens with zero attached hydrogens (tertiary/aromatic N) is 1. The standard InChI is InChI=1S/C21H21FN2O2/c1-4-26-21-19(14(3)17-10-5-13(2)11-18(17)24-21)20(25)23-12-15-6-8-16(22)9-7-15/h5-11H,4,12H2,1-3H3,(H,23,25). The van der Waals surface area contributed by atoms with E-state index in [1.165, 1.54) is 12.1 Å². The number of hydrogen-bond donors (Lipinski definition) is 1. The van der Waals surface area contributed by atoms with Crippen molar-refractivity contribution in [1.82, 2.24) is 10.3 Å². The fourth-order valence-corrected chi connectivity index (χ4v) is 2.89. The van der Waals surface area contributed by atoms with Gasteiger partial charge in [0.15, 0.2) is 0 Å². The van der Waals surface area contributed by atoms with Crippen molar-refractivity contribution < 1.29 is 13.9 Å². The molecule has 4 nitrogen and oxygen atoms in total. The van der Waals surface area contributed by atoms with Crippen LogP contribution in [0.3, 0.4) is 0 Å². The van der Waals surface area contributed by atoms with Gasteiger partial charge in [0.1, 0.15) is 11.4 Å². The summed E-state index contributed by atoms with van der Waals surface area (Å²) in [5, 5.41) is 3.79. The number of aromatic nitrogens is 1. The molecule has 5 heteroatoms. The largest absolute Gasteiger partial charge is 0.477 e. The number of aryl methyl sites for hydroxylation is 2. The lowest BCUT2D eigenvalue weighted by atomic mass is 10.0. The molecule has 0 bridgehead atoms. The Morgan fingerprint density at radius 1 is 1.15 bits per heavy atom. The van der Waals surface area contributed by atoms with Crippen molar-refractivity contribution in [2.45, 2.75) is 27.3 Å². The number of benzene rings is 2. The predicted molar refractivity (Wildman–Crippen MR) is 100.0 cm³/mol. The zero-order valence-electron chi connectivity index (χ0n) is 15.1. The van der Waals surface area contributed by atoms with Crippen LogP contribution >= 0.6 is 0 Å². The Bertz CT molecular complexity index is 952. The molecule has 1 aromatic heterocycles. The third-order valence-corrected chi connectivity index (χ3v) is 4.24. The highest BCUT2D eigenvalue weighted by atomic mass is 19.1. The Labute approximate surface area is 152 Å². The van der Waals surface area contributed by atoms with Crippen LogP contribution in [0.15, 0.2) is 42.5 Å². The summed E-state index contributed by atoms with van der Waals surface area (Å²) in [6, 6.07) is 12.0. The van der Waals surface area contributed by atoms with Gasteiger partial charge >= 0.3 is 0 Å². The van der Waals surface area contributed by atoms with Crippen LogP contribution in [0.5, 0.6) is 5.88 Å². The summed E-state index contributed by atoms with van der Waals surface area (Å²) < 4.78 is 18.6. The molecule has 0 aliphatic rings. The van der Waals surface area contributed by atoms with Crippen molar-refractivity contribution >= 4 is 16.8 Å². The van der Waals surface area contributed by atoms with E-state index in [0.29, 0.717) is 24.6 Å². The van der Waals surface area contributed by atoms with Crippen LogP contribution in [0.1, 0.15) is 34.0 Å². The number of carbonyl (C=O) groups is 1. The van der Waals surface area contributed by atoms with E-state index in [2.05, 4.69) is 10.3 Å². The zero-order chi connectivity index (χ0) is 18.7. The normalized spacial score (nSPS) is 10.8. The summed E-state index contributed by atoms with van der Waals surface area (Å²) in [7, 11) is 0. The highest BCUT2D eigenvalue weighted by molar-refractivity contribution is 6.02. The van der Waals surface area contributed by atoms with Crippen molar-refractivity contribution in [3.05, 3.63) is 70.5 Å². The highest BCUT2D eigenvalue weighted by Gasteiger charge is 2.20. The number of ether oxygens (including phenoxy) is 1. The molecule has 0 saturated heterocycles. The van der Waals surface area contributed by atoms with Crippen molar-refractivity contribution in [1.29, 1.82) is 0 Å². The van der Waals surface area contributed by atoms with Gasteiger partial charge in [-0.05, 0) is 55.7 Å². The molecule has 134 valence electrons. The SMILES string of the molecule is CCOc1nc2cc(C)ccc2c(C)c1C(=O)NCc1ccc(F)cc1. The molecule has 3 rings (SSSR count). The topological polar surface area (TPSA) is 51.2 Å². The number of rotatable bonds is 5. The molecule has 0 saturated carbocycles. The Hall–Kier alpha value is -2.95. The van der Waals surface area contributed by atoms with Gasteiger partial charge in [0.05, 0.1) is 12.1 Å². The Morgan fingerprint density at radius 2 is 1.88 bits per heavy atom. The maximum Gasteiger partial charge on any atom is 0.257 e. The number of pyridine rings is 1. The number of hydrogen-bond acceptors (Lipinski definition) is 3. The van der Waals surface area contributed by atoms with E-state index in [1.807, 2.05) is 39.0 Å². The molecule has 0 spiro atoms. The van der Waals surface area contributed by atoms with Crippen LogP contribution in [0.25, 0.3) is 10.9 Å².